The number of carbonyl (C=O) groups excluding carboxylic acids is 1. The second-order valence-corrected chi connectivity index (χ2v) is 5.31. The zero-order valence-corrected chi connectivity index (χ0v) is 11.9. The van der Waals surface area contributed by atoms with Gasteiger partial charge in [-0.05, 0) is 19.9 Å². The Morgan fingerprint density at radius 1 is 1.43 bits per heavy atom. The van der Waals surface area contributed by atoms with Crippen molar-refractivity contribution in [2.45, 2.75) is 45.0 Å². The second kappa shape index (κ2) is 5.32. The van der Waals surface area contributed by atoms with Crippen molar-refractivity contribution in [2.24, 2.45) is 0 Å². The van der Waals surface area contributed by atoms with Crippen molar-refractivity contribution in [2.75, 3.05) is 13.1 Å². The molecule has 2 rings (SSSR count). The molecule has 8 heteroatoms. The molecule has 0 atom stereocenters. The number of aryl methyl sites for hydroxylation is 2. The van der Waals surface area contributed by atoms with Gasteiger partial charge in [0, 0.05) is 32.5 Å². The molecule has 2 heterocycles. The van der Waals surface area contributed by atoms with Crippen LogP contribution in [0.15, 0.2) is 6.07 Å². The normalized spacial score (nSPS) is 18.9. The Kier molecular flexibility index (Phi) is 4.01. The predicted octanol–water partition coefficient (Wildman–Crippen LogP) is 1.74. The monoisotopic (exact) mass is 305 g/mol. The number of nitrogens with zero attached hydrogens (tertiary/aromatic N) is 3. The highest BCUT2D eigenvalue weighted by Crippen LogP contribution is 2.38. The van der Waals surface area contributed by atoms with Crippen LogP contribution in [0.5, 0.6) is 0 Å². The van der Waals surface area contributed by atoms with Gasteiger partial charge in [0.05, 0.1) is 5.69 Å². The topological polar surface area (TPSA) is 58.4 Å². The standard InChI is InChI=1S/C13H18F3N3O2/c1-3-19-10(8-9(2)17-19)11(20)18-6-4-12(21,5-7-18)13(14,15)16/h8,21H,3-7H2,1-2H3. The molecule has 0 radical (unpaired) electrons. The van der Waals surface area contributed by atoms with E-state index in [1.165, 1.54) is 9.58 Å². The zero-order valence-electron chi connectivity index (χ0n) is 11.9. The highest BCUT2D eigenvalue weighted by molar-refractivity contribution is 5.92. The highest BCUT2D eigenvalue weighted by atomic mass is 19.4. The van der Waals surface area contributed by atoms with Gasteiger partial charge in [-0.3, -0.25) is 9.48 Å². The molecule has 1 amide bonds. The number of hydrogen-bond donors (Lipinski definition) is 1. The summed E-state index contributed by atoms with van der Waals surface area (Å²) in [6, 6.07) is 1.62. The van der Waals surface area contributed by atoms with E-state index in [1.807, 2.05) is 6.92 Å². The third-order valence-electron chi connectivity index (χ3n) is 3.83. The molecule has 1 saturated heterocycles. The number of amides is 1. The Labute approximate surface area is 120 Å². The van der Waals surface area contributed by atoms with Gasteiger partial charge in [-0.1, -0.05) is 0 Å². The molecular weight excluding hydrogens is 287 g/mol. The Balaban J connectivity index is 2.10. The molecular formula is C13H18F3N3O2. The van der Waals surface area contributed by atoms with Crippen molar-refractivity contribution >= 4 is 5.91 Å². The van der Waals surface area contributed by atoms with Crippen LogP contribution in [0.3, 0.4) is 0 Å². The molecule has 0 aliphatic carbocycles. The molecule has 1 N–H and O–H groups in total. The summed E-state index contributed by atoms with van der Waals surface area (Å²) in [4.78, 5) is 13.7. The Morgan fingerprint density at radius 2 is 2.00 bits per heavy atom. The van der Waals surface area contributed by atoms with Crippen molar-refractivity contribution in [1.82, 2.24) is 14.7 Å². The van der Waals surface area contributed by atoms with Crippen LogP contribution in [-0.2, 0) is 6.54 Å². The summed E-state index contributed by atoms with van der Waals surface area (Å²) < 4.78 is 39.7. The number of aliphatic hydroxyl groups is 1. The lowest BCUT2D eigenvalue weighted by atomic mass is 9.90. The summed E-state index contributed by atoms with van der Waals surface area (Å²) in [7, 11) is 0. The predicted molar refractivity (Wildman–Crippen MR) is 68.8 cm³/mol. The average molecular weight is 305 g/mol. The Bertz CT molecular complexity index is 531. The SMILES string of the molecule is CCn1nc(C)cc1C(=O)N1CCC(O)(C(F)(F)F)CC1. The van der Waals surface area contributed by atoms with Crippen molar-refractivity contribution in [3.63, 3.8) is 0 Å². The number of halogens is 3. The van der Waals surface area contributed by atoms with Crippen molar-refractivity contribution in [3.8, 4) is 0 Å². The van der Waals surface area contributed by atoms with E-state index >= 15 is 0 Å². The van der Waals surface area contributed by atoms with E-state index in [1.54, 1.807) is 13.0 Å². The number of piperidine rings is 1. The number of alkyl halides is 3. The van der Waals surface area contributed by atoms with Crippen molar-refractivity contribution in [3.05, 3.63) is 17.5 Å². The maximum Gasteiger partial charge on any atom is 0.417 e. The van der Waals surface area contributed by atoms with Crippen molar-refractivity contribution < 1.29 is 23.1 Å². The quantitative estimate of drug-likeness (QED) is 0.905. The van der Waals surface area contributed by atoms with E-state index in [0.29, 0.717) is 17.9 Å². The van der Waals surface area contributed by atoms with Crippen LogP contribution in [0.1, 0.15) is 35.9 Å². The molecule has 0 bridgehead atoms. The highest BCUT2D eigenvalue weighted by Gasteiger charge is 2.55. The minimum Gasteiger partial charge on any atom is -0.380 e. The van der Waals surface area contributed by atoms with Gasteiger partial charge < -0.3 is 10.0 Å². The molecule has 1 aliphatic heterocycles. The molecule has 0 unspecified atom stereocenters. The largest absolute Gasteiger partial charge is 0.417 e. The summed E-state index contributed by atoms with van der Waals surface area (Å²) in [5.74, 6) is -0.346. The van der Waals surface area contributed by atoms with Gasteiger partial charge in [0.1, 0.15) is 5.69 Å². The molecule has 1 aromatic heterocycles. The summed E-state index contributed by atoms with van der Waals surface area (Å²) in [5, 5.41) is 13.8. The van der Waals surface area contributed by atoms with Crippen LogP contribution in [0.4, 0.5) is 13.2 Å². The molecule has 5 nitrogen and oxygen atoms in total. The number of carbonyl (C=O) groups is 1. The van der Waals surface area contributed by atoms with Crippen molar-refractivity contribution in [1.29, 1.82) is 0 Å². The molecule has 0 aromatic carbocycles. The van der Waals surface area contributed by atoms with E-state index < -0.39 is 24.6 Å². The Morgan fingerprint density at radius 3 is 2.48 bits per heavy atom. The van der Waals surface area contributed by atoms with Crippen LogP contribution in [-0.4, -0.2) is 50.6 Å². The molecule has 1 aromatic rings. The smallest absolute Gasteiger partial charge is 0.380 e. The zero-order chi connectivity index (χ0) is 15.8. The van der Waals surface area contributed by atoms with E-state index in [2.05, 4.69) is 5.10 Å². The second-order valence-electron chi connectivity index (χ2n) is 5.31. The minimum atomic E-state index is -4.66. The lowest BCUT2D eigenvalue weighted by molar-refractivity contribution is -0.271. The van der Waals surface area contributed by atoms with Crippen LogP contribution in [0.25, 0.3) is 0 Å². The van der Waals surface area contributed by atoms with Gasteiger partial charge in [0.25, 0.3) is 5.91 Å². The molecule has 0 spiro atoms. The van der Waals surface area contributed by atoms with Crippen LogP contribution in [0, 0.1) is 6.92 Å². The van der Waals surface area contributed by atoms with Gasteiger partial charge in [0.2, 0.25) is 0 Å². The average Bonchev–Trinajstić information content (AvgIpc) is 2.79. The summed E-state index contributed by atoms with van der Waals surface area (Å²) in [6.45, 7) is 3.85. The summed E-state index contributed by atoms with van der Waals surface area (Å²) in [5.41, 5.74) is -1.64. The Hall–Kier alpha value is -1.57. The van der Waals surface area contributed by atoms with E-state index in [0.717, 1.165) is 0 Å². The van der Waals surface area contributed by atoms with Gasteiger partial charge in [-0.25, -0.2) is 0 Å². The minimum absolute atomic E-state index is 0.122. The third kappa shape index (κ3) is 2.90. The number of hydrogen-bond acceptors (Lipinski definition) is 3. The molecule has 21 heavy (non-hydrogen) atoms. The first-order valence-corrected chi connectivity index (χ1v) is 6.81. The fourth-order valence-electron chi connectivity index (χ4n) is 2.48. The van der Waals surface area contributed by atoms with E-state index in [9.17, 15) is 23.1 Å². The number of likely N-dealkylation sites (tertiary alicyclic amines) is 1. The number of aromatic nitrogens is 2. The van der Waals surface area contributed by atoms with Gasteiger partial charge >= 0.3 is 6.18 Å². The van der Waals surface area contributed by atoms with E-state index in [-0.39, 0.29) is 19.0 Å². The lowest BCUT2D eigenvalue weighted by Crippen LogP contribution is -2.54. The number of rotatable bonds is 2. The van der Waals surface area contributed by atoms with Crippen LogP contribution in [0.2, 0.25) is 0 Å². The van der Waals surface area contributed by atoms with E-state index in [4.69, 9.17) is 0 Å². The first-order chi connectivity index (χ1) is 9.68. The fraction of sp³-hybridized carbons (Fsp3) is 0.692. The maximum atomic E-state index is 12.7. The third-order valence-corrected chi connectivity index (χ3v) is 3.83. The lowest BCUT2D eigenvalue weighted by Gasteiger charge is -2.39. The van der Waals surface area contributed by atoms with Gasteiger partial charge in [-0.2, -0.15) is 18.3 Å². The van der Waals surface area contributed by atoms with Gasteiger partial charge in [0.15, 0.2) is 5.60 Å². The fourth-order valence-corrected chi connectivity index (χ4v) is 2.48. The molecule has 118 valence electrons. The van der Waals surface area contributed by atoms with Crippen LogP contribution < -0.4 is 0 Å². The first-order valence-electron chi connectivity index (χ1n) is 6.81. The molecule has 1 aliphatic rings. The maximum absolute atomic E-state index is 12.7. The summed E-state index contributed by atoms with van der Waals surface area (Å²) >= 11 is 0. The molecule has 0 saturated carbocycles. The van der Waals surface area contributed by atoms with Crippen LogP contribution >= 0.6 is 0 Å². The molecule has 1 fully saturated rings. The van der Waals surface area contributed by atoms with Gasteiger partial charge in [-0.15, -0.1) is 0 Å². The first kappa shape index (κ1) is 15.8. The summed E-state index contributed by atoms with van der Waals surface area (Å²) in [6.07, 6.45) is -5.66.